The number of aliphatic hydroxyl groups excluding tert-OH is 1. The van der Waals surface area contributed by atoms with Gasteiger partial charge in [-0.15, -0.1) is 0 Å². The summed E-state index contributed by atoms with van der Waals surface area (Å²) in [6.07, 6.45) is 44.4. The molecule has 4 aromatic rings. The fraction of sp³-hybridized carbons (Fsp3) is 0.714. The van der Waals surface area contributed by atoms with E-state index in [0.717, 1.165) is 55.0 Å². The number of aromatic nitrogens is 4. The molecular weight excluding hydrogens is 1060 g/mol. The maximum absolute atomic E-state index is 9.31. The van der Waals surface area contributed by atoms with E-state index in [9.17, 15) is 5.11 Å². The molecule has 4 rings (SSSR count). The molecule has 81 heavy (non-hydrogen) atoms. The highest BCUT2D eigenvalue weighted by atomic mass is 28.3. The average molecular weight is 1190 g/mol. The van der Waals surface area contributed by atoms with Gasteiger partial charge in [-0.25, -0.2) is 19.9 Å². The van der Waals surface area contributed by atoms with Crippen LogP contribution in [0.4, 0.5) is 0 Å². The van der Waals surface area contributed by atoms with Crippen molar-refractivity contribution in [2.45, 2.75) is 310 Å². The molecule has 2 N–H and O–H groups in total. The zero-order chi connectivity index (χ0) is 58.1. The summed E-state index contributed by atoms with van der Waals surface area (Å²) in [6, 6.07) is 24.4. The van der Waals surface area contributed by atoms with Crippen molar-refractivity contribution in [3.05, 3.63) is 84.4 Å². The molecule has 0 saturated heterocycles. The molecule has 2 heterocycles. The Labute approximate surface area is 506 Å². The second-order valence-electron chi connectivity index (χ2n) is 27.4. The Morgan fingerprint density at radius 2 is 0.691 bits per heavy atom. The molecule has 0 atom stereocenters. The molecule has 0 fully saturated rings. The van der Waals surface area contributed by atoms with E-state index in [2.05, 4.69) is 124 Å². The number of unbranched alkanes of at least 4 members (excludes halogenated alkanes) is 22. The van der Waals surface area contributed by atoms with E-state index in [0.29, 0.717) is 12.4 Å². The number of aryl methyl sites for hydroxylation is 2. The molecule has 7 nitrogen and oxygen atoms in total. The second kappa shape index (κ2) is 46.3. The third kappa shape index (κ3) is 43.3. The molecule has 2 aromatic carbocycles. The first-order valence-electron chi connectivity index (χ1n) is 32.5. The smallest absolute Gasteiger partial charge is 0.159 e. The summed E-state index contributed by atoms with van der Waals surface area (Å²) in [7, 11) is -3.57. The van der Waals surface area contributed by atoms with Crippen molar-refractivity contribution >= 4 is 32.3 Å². The minimum absolute atomic E-state index is 0. The fourth-order valence-electron chi connectivity index (χ4n) is 9.85. The van der Waals surface area contributed by atoms with Crippen LogP contribution in [-0.4, -0.2) is 75.7 Å². The van der Waals surface area contributed by atoms with E-state index in [-0.39, 0.29) is 20.6 Å². The standard InChI is InChI=1S/C35H62N2OSi2.C20H28N2O.C13H32OSi2.2CH4/c1-7-8-9-10-11-12-15-18-21-32-30-36-35(37-31-32)33-22-24-34(25-23-33)38-26-19-16-13-14-17-20-27-40(5,6)29-28-39(2,3)4;1-2-3-4-5-6-7-8-9-10-17-15-21-20(22-16-17)18-11-13-19(23)14-12-18;1-15(2,3)12-13-16(4,5)11-9-7-6-8-10-14;;/h22-25,30-31H,7-21,26-29H2,1-6H3;11-16,23H,2-10H2,1H3;14H,6-13H2,1-5H3;2*1H4. The van der Waals surface area contributed by atoms with E-state index in [4.69, 9.17) is 9.84 Å². The maximum atomic E-state index is 9.31. The van der Waals surface area contributed by atoms with Crippen LogP contribution in [0.2, 0.25) is 102 Å². The van der Waals surface area contributed by atoms with Crippen molar-refractivity contribution in [3.63, 3.8) is 0 Å². The van der Waals surface area contributed by atoms with Crippen molar-refractivity contribution in [1.29, 1.82) is 0 Å². The lowest BCUT2D eigenvalue weighted by Gasteiger charge is -2.26. The van der Waals surface area contributed by atoms with Crippen molar-refractivity contribution in [2.75, 3.05) is 13.2 Å². The van der Waals surface area contributed by atoms with Gasteiger partial charge in [0.15, 0.2) is 11.6 Å². The van der Waals surface area contributed by atoms with Crippen LogP contribution >= 0.6 is 0 Å². The van der Waals surface area contributed by atoms with Crippen molar-refractivity contribution in [1.82, 2.24) is 19.9 Å². The number of phenols is 1. The van der Waals surface area contributed by atoms with Crippen LogP contribution in [0.25, 0.3) is 22.8 Å². The van der Waals surface area contributed by atoms with Gasteiger partial charge in [-0.1, -0.05) is 272 Å². The van der Waals surface area contributed by atoms with Gasteiger partial charge in [0.2, 0.25) is 0 Å². The van der Waals surface area contributed by atoms with Gasteiger partial charge in [-0.2, -0.15) is 0 Å². The number of ether oxygens (including phenoxy) is 1. The molecule has 0 amide bonds. The molecule has 0 saturated carbocycles. The predicted octanol–water partition coefficient (Wildman–Crippen LogP) is 23.0. The van der Waals surface area contributed by atoms with Gasteiger partial charge < -0.3 is 14.9 Å². The van der Waals surface area contributed by atoms with Gasteiger partial charge in [-0.3, -0.25) is 0 Å². The van der Waals surface area contributed by atoms with Crippen LogP contribution in [0.15, 0.2) is 73.3 Å². The SMILES string of the molecule is C.C.CCCCCCCCCCc1cnc(-c2ccc(O)cc2)nc1.CCCCCCCCCCc1cnc(-c2ccc(OCCCCCCCC[Si](C)(C)CC[Si](C)(C)C)cc2)nc1.C[Si](C)(C)CC[Si](C)(C)CCCCCCO. The Morgan fingerprint density at radius 3 is 1.05 bits per heavy atom. The van der Waals surface area contributed by atoms with Crippen LogP contribution < -0.4 is 4.74 Å². The van der Waals surface area contributed by atoms with Gasteiger partial charge in [0.05, 0.1) is 6.61 Å². The number of aromatic hydroxyl groups is 1. The summed E-state index contributed by atoms with van der Waals surface area (Å²) >= 11 is 0. The summed E-state index contributed by atoms with van der Waals surface area (Å²) < 4.78 is 6.00. The minimum atomic E-state index is -0.966. The third-order valence-corrected chi connectivity index (χ3v) is 26.8. The van der Waals surface area contributed by atoms with Gasteiger partial charge in [0, 0.05) is 74.8 Å². The third-order valence-electron chi connectivity index (χ3n) is 15.7. The highest BCUT2D eigenvalue weighted by Gasteiger charge is 2.25. The highest BCUT2D eigenvalue weighted by molar-refractivity contribution is 6.82. The lowest BCUT2D eigenvalue weighted by molar-refractivity contribution is 0.283. The normalized spacial score (nSPS) is 11.7. The summed E-state index contributed by atoms with van der Waals surface area (Å²) in [5.41, 5.74) is 4.44. The van der Waals surface area contributed by atoms with E-state index >= 15 is 0 Å². The predicted molar refractivity (Wildman–Crippen MR) is 372 cm³/mol. The van der Waals surface area contributed by atoms with Gasteiger partial charge in [0.25, 0.3) is 0 Å². The molecule has 11 heteroatoms. The highest BCUT2D eigenvalue weighted by Crippen LogP contribution is 2.28. The molecule has 0 aliphatic rings. The van der Waals surface area contributed by atoms with Gasteiger partial charge in [-0.05, 0) is 98.2 Å². The first-order chi connectivity index (χ1) is 37.7. The first-order valence-corrected chi connectivity index (χ1v) is 46.7. The molecule has 0 bridgehead atoms. The summed E-state index contributed by atoms with van der Waals surface area (Å²) in [5.74, 6) is 2.72. The van der Waals surface area contributed by atoms with Crippen LogP contribution in [0, 0.1) is 0 Å². The second-order valence-corrected chi connectivity index (χ2v) is 49.3. The van der Waals surface area contributed by atoms with Crippen LogP contribution in [0.3, 0.4) is 0 Å². The summed E-state index contributed by atoms with van der Waals surface area (Å²) in [5, 5.41) is 18.0. The molecule has 0 aliphatic heterocycles. The number of hydrogen-bond acceptors (Lipinski definition) is 7. The molecule has 0 aliphatic carbocycles. The maximum Gasteiger partial charge on any atom is 0.159 e. The van der Waals surface area contributed by atoms with Crippen molar-refractivity contribution in [2.24, 2.45) is 0 Å². The van der Waals surface area contributed by atoms with Crippen LogP contribution in [0.1, 0.15) is 207 Å². The largest absolute Gasteiger partial charge is 0.508 e. The van der Waals surface area contributed by atoms with Gasteiger partial charge >= 0.3 is 0 Å². The van der Waals surface area contributed by atoms with Crippen molar-refractivity contribution in [3.8, 4) is 34.3 Å². The molecule has 0 unspecified atom stereocenters. The van der Waals surface area contributed by atoms with E-state index in [1.54, 1.807) is 18.2 Å². The Morgan fingerprint density at radius 1 is 0.370 bits per heavy atom. The quantitative estimate of drug-likeness (QED) is 0.0337. The Hall–Kier alpha value is -2.97. The van der Waals surface area contributed by atoms with Crippen molar-refractivity contribution < 1.29 is 14.9 Å². The number of benzene rings is 2. The average Bonchev–Trinajstić information content (AvgIpc) is 3.42. The zero-order valence-electron chi connectivity index (χ0n) is 53.5. The van der Waals surface area contributed by atoms with E-state index in [1.807, 2.05) is 36.9 Å². The summed E-state index contributed by atoms with van der Waals surface area (Å²) in [6.45, 7) is 31.0. The van der Waals surface area contributed by atoms with Gasteiger partial charge in [0.1, 0.15) is 11.5 Å². The lowest BCUT2D eigenvalue weighted by atomic mass is 10.1. The van der Waals surface area contributed by atoms with Crippen LogP contribution in [0.5, 0.6) is 11.5 Å². The summed E-state index contributed by atoms with van der Waals surface area (Å²) in [4.78, 5) is 18.1. The molecule has 0 spiro atoms. The van der Waals surface area contributed by atoms with Crippen LogP contribution in [-0.2, 0) is 12.8 Å². The monoisotopic (exact) mass is 1190 g/mol. The topological polar surface area (TPSA) is 101 Å². The first kappa shape index (κ1) is 78.0. The number of aliphatic hydroxyl groups is 1. The molecule has 0 radical (unpaired) electrons. The Kier molecular flexibility index (Phi) is 44.6. The van der Waals surface area contributed by atoms with E-state index in [1.165, 1.54) is 195 Å². The lowest BCUT2D eigenvalue weighted by Crippen LogP contribution is -2.30. The number of nitrogens with zero attached hydrogens (tertiary/aromatic N) is 4. The number of hydrogen-bond donors (Lipinski definition) is 2. The zero-order valence-corrected chi connectivity index (χ0v) is 57.5. The Bertz CT molecular complexity index is 2040. The molecule has 2 aromatic heterocycles. The minimum Gasteiger partial charge on any atom is -0.508 e. The number of rotatable bonds is 42. The van der Waals surface area contributed by atoms with E-state index < -0.39 is 32.3 Å². The molecular formula is C70H130N4O3Si4. The molecule has 464 valence electrons. The Balaban J connectivity index is 0.00000132. The number of phenolic OH excluding ortho intramolecular Hbond substituents is 1. The fourth-order valence-corrected chi connectivity index (χ4v) is 24.2.